The quantitative estimate of drug-likeness (QED) is 0.884. The van der Waals surface area contributed by atoms with Crippen LogP contribution < -0.4 is 14.8 Å². The van der Waals surface area contributed by atoms with Crippen molar-refractivity contribution in [1.82, 2.24) is 4.90 Å². The number of benzene rings is 2. The third-order valence-electron chi connectivity index (χ3n) is 3.85. The Hall–Kier alpha value is -2.69. The Labute approximate surface area is 143 Å². The van der Waals surface area contributed by atoms with Gasteiger partial charge in [0.15, 0.2) is 11.5 Å². The number of carbonyl (C=O) groups is 1. The van der Waals surface area contributed by atoms with E-state index in [-0.39, 0.29) is 5.91 Å². The Balaban J connectivity index is 2.42. The standard InChI is InChI=1S/C19H24N2O3/c1-13-11-16(23-4)17(24-5)12-15(13)20-18(19(22)21(2)3)14-9-7-6-8-10-14/h6-12,18,20H,1-5H3/t18-/m0/s1. The molecule has 0 bridgehead atoms. The lowest BCUT2D eigenvalue weighted by molar-refractivity contribution is -0.129. The molecule has 2 aromatic carbocycles. The molecule has 0 aromatic heterocycles. The molecule has 128 valence electrons. The third kappa shape index (κ3) is 3.79. The van der Waals surface area contributed by atoms with Gasteiger partial charge in [-0.2, -0.15) is 0 Å². The van der Waals surface area contributed by atoms with Crippen LogP contribution in [0.4, 0.5) is 5.69 Å². The van der Waals surface area contributed by atoms with Crippen molar-refractivity contribution in [3.63, 3.8) is 0 Å². The summed E-state index contributed by atoms with van der Waals surface area (Å²) in [7, 11) is 6.70. The van der Waals surface area contributed by atoms with Crippen molar-refractivity contribution in [2.24, 2.45) is 0 Å². The van der Waals surface area contributed by atoms with Gasteiger partial charge >= 0.3 is 0 Å². The highest BCUT2D eigenvalue weighted by Crippen LogP contribution is 2.34. The van der Waals surface area contributed by atoms with Gasteiger partial charge in [-0.15, -0.1) is 0 Å². The second-order valence-corrected chi connectivity index (χ2v) is 5.74. The fourth-order valence-electron chi connectivity index (χ4n) is 2.48. The zero-order valence-corrected chi connectivity index (χ0v) is 14.8. The lowest BCUT2D eigenvalue weighted by Gasteiger charge is -2.24. The molecule has 5 nitrogen and oxygen atoms in total. The molecule has 24 heavy (non-hydrogen) atoms. The number of nitrogens with one attached hydrogen (secondary N) is 1. The van der Waals surface area contributed by atoms with Crippen molar-refractivity contribution in [1.29, 1.82) is 0 Å². The number of ether oxygens (including phenoxy) is 2. The largest absolute Gasteiger partial charge is 0.493 e. The topological polar surface area (TPSA) is 50.8 Å². The number of likely N-dealkylation sites (N-methyl/N-ethyl adjacent to an activating group) is 1. The van der Waals surface area contributed by atoms with Crippen LogP contribution in [0.2, 0.25) is 0 Å². The van der Waals surface area contributed by atoms with Crippen LogP contribution in [0.3, 0.4) is 0 Å². The molecule has 2 aromatic rings. The van der Waals surface area contributed by atoms with Crippen LogP contribution in [0.25, 0.3) is 0 Å². The summed E-state index contributed by atoms with van der Waals surface area (Å²) in [5.74, 6) is 1.26. The van der Waals surface area contributed by atoms with Gasteiger partial charge in [0.25, 0.3) is 0 Å². The Morgan fingerprint density at radius 1 is 1.04 bits per heavy atom. The Bertz CT molecular complexity index is 699. The fourth-order valence-corrected chi connectivity index (χ4v) is 2.48. The zero-order chi connectivity index (χ0) is 17.7. The molecule has 0 aliphatic carbocycles. The summed E-state index contributed by atoms with van der Waals surface area (Å²) in [5.41, 5.74) is 2.71. The predicted octanol–water partition coefficient (Wildman–Crippen LogP) is 3.25. The van der Waals surface area contributed by atoms with Gasteiger partial charge in [-0.1, -0.05) is 30.3 Å². The zero-order valence-electron chi connectivity index (χ0n) is 14.8. The molecule has 0 heterocycles. The average Bonchev–Trinajstić information content (AvgIpc) is 2.60. The number of rotatable bonds is 6. The summed E-state index contributed by atoms with van der Waals surface area (Å²) in [6.45, 7) is 1.96. The first-order chi connectivity index (χ1) is 11.5. The van der Waals surface area contributed by atoms with Gasteiger partial charge < -0.3 is 19.7 Å². The van der Waals surface area contributed by atoms with Crippen LogP contribution in [-0.4, -0.2) is 39.1 Å². The molecule has 0 saturated heterocycles. The number of anilines is 1. The Morgan fingerprint density at radius 3 is 2.17 bits per heavy atom. The maximum atomic E-state index is 12.6. The number of hydrogen-bond donors (Lipinski definition) is 1. The number of carbonyl (C=O) groups excluding carboxylic acids is 1. The molecule has 0 aliphatic rings. The van der Waals surface area contributed by atoms with Crippen LogP contribution in [-0.2, 0) is 4.79 Å². The maximum Gasteiger partial charge on any atom is 0.249 e. The molecule has 0 aliphatic heterocycles. The molecule has 1 N–H and O–H groups in total. The summed E-state index contributed by atoms with van der Waals surface area (Å²) in [6.07, 6.45) is 0. The number of nitrogens with zero attached hydrogens (tertiary/aromatic N) is 1. The highest BCUT2D eigenvalue weighted by Gasteiger charge is 2.23. The lowest BCUT2D eigenvalue weighted by atomic mass is 10.0. The first-order valence-corrected chi connectivity index (χ1v) is 7.73. The molecule has 0 spiro atoms. The van der Waals surface area contributed by atoms with Gasteiger partial charge in [-0.3, -0.25) is 4.79 Å². The van der Waals surface area contributed by atoms with E-state index in [9.17, 15) is 4.79 Å². The van der Waals surface area contributed by atoms with Crippen LogP contribution in [0.5, 0.6) is 11.5 Å². The second-order valence-electron chi connectivity index (χ2n) is 5.74. The maximum absolute atomic E-state index is 12.6. The smallest absolute Gasteiger partial charge is 0.249 e. The van der Waals surface area contributed by atoms with E-state index in [1.165, 1.54) is 0 Å². The fraction of sp³-hybridized carbons (Fsp3) is 0.316. The summed E-state index contributed by atoms with van der Waals surface area (Å²) in [5, 5.41) is 3.34. The van der Waals surface area contributed by atoms with Crippen LogP contribution in [0.1, 0.15) is 17.2 Å². The van der Waals surface area contributed by atoms with Gasteiger partial charge in [0, 0.05) is 25.8 Å². The minimum Gasteiger partial charge on any atom is -0.493 e. The summed E-state index contributed by atoms with van der Waals surface area (Å²) in [6, 6.07) is 12.9. The van der Waals surface area contributed by atoms with Crippen LogP contribution in [0, 0.1) is 6.92 Å². The Morgan fingerprint density at radius 2 is 1.62 bits per heavy atom. The van der Waals surface area contributed by atoms with Gasteiger partial charge in [-0.05, 0) is 24.1 Å². The van der Waals surface area contributed by atoms with Crippen LogP contribution in [0.15, 0.2) is 42.5 Å². The third-order valence-corrected chi connectivity index (χ3v) is 3.85. The van der Waals surface area contributed by atoms with Crippen molar-refractivity contribution in [3.05, 3.63) is 53.6 Å². The van der Waals surface area contributed by atoms with E-state index in [4.69, 9.17) is 9.47 Å². The number of methoxy groups -OCH3 is 2. The molecular formula is C19H24N2O3. The van der Waals surface area contributed by atoms with E-state index in [2.05, 4.69) is 5.32 Å². The first-order valence-electron chi connectivity index (χ1n) is 7.73. The summed E-state index contributed by atoms with van der Waals surface area (Å²) >= 11 is 0. The summed E-state index contributed by atoms with van der Waals surface area (Å²) < 4.78 is 10.7. The van der Waals surface area contributed by atoms with E-state index in [1.807, 2.05) is 49.4 Å². The average molecular weight is 328 g/mol. The molecule has 0 saturated carbocycles. The molecule has 1 atom stereocenters. The number of amides is 1. The van der Waals surface area contributed by atoms with Crippen molar-refractivity contribution >= 4 is 11.6 Å². The predicted molar refractivity (Wildman–Crippen MR) is 95.8 cm³/mol. The van der Waals surface area contributed by atoms with Crippen molar-refractivity contribution < 1.29 is 14.3 Å². The minimum absolute atomic E-state index is 0.0182. The minimum atomic E-state index is -0.474. The van der Waals surface area contributed by atoms with E-state index < -0.39 is 6.04 Å². The summed E-state index contributed by atoms with van der Waals surface area (Å²) in [4.78, 5) is 14.2. The van der Waals surface area contributed by atoms with E-state index in [0.29, 0.717) is 11.5 Å². The molecule has 5 heteroatoms. The SMILES string of the molecule is COc1cc(C)c(N[C@H](C(=O)N(C)C)c2ccccc2)cc1OC. The van der Waals surface area contributed by atoms with Crippen molar-refractivity contribution in [2.75, 3.05) is 33.6 Å². The normalized spacial score (nSPS) is 11.5. The van der Waals surface area contributed by atoms with E-state index in [0.717, 1.165) is 16.8 Å². The van der Waals surface area contributed by atoms with Gasteiger partial charge in [0.05, 0.1) is 14.2 Å². The monoisotopic (exact) mass is 328 g/mol. The number of hydrogen-bond acceptors (Lipinski definition) is 4. The van der Waals surface area contributed by atoms with Crippen molar-refractivity contribution in [2.45, 2.75) is 13.0 Å². The molecule has 2 rings (SSSR count). The van der Waals surface area contributed by atoms with E-state index >= 15 is 0 Å². The highest BCUT2D eigenvalue weighted by molar-refractivity contribution is 5.86. The van der Waals surface area contributed by atoms with Gasteiger partial charge in [0.2, 0.25) is 5.91 Å². The molecule has 0 fully saturated rings. The second kappa shape index (κ2) is 7.73. The van der Waals surface area contributed by atoms with Gasteiger partial charge in [0.1, 0.15) is 6.04 Å². The lowest BCUT2D eigenvalue weighted by Crippen LogP contribution is -2.32. The van der Waals surface area contributed by atoms with Crippen LogP contribution >= 0.6 is 0 Å². The van der Waals surface area contributed by atoms with Crippen molar-refractivity contribution in [3.8, 4) is 11.5 Å². The molecular weight excluding hydrogens is 304 g/mol. The molecule has 0 unspecified atom stereocenters. The van der Waals surface area contributed by atoms with E-state index in [1.54, 1.807) is 33.2 Å². The molecule has 0 radical (unpaired) electrons. The van der Waals surface area contributed by atoms with Gasteiger partial charge in [-0.25, -0.2) is 0 Å². The first kappa shape index (κ1) is 17.7. The molecule has 1 amide bonds. The highest BCUT2D eigenvalue weighted by atomic mass is 16.5. The Kier molecular flexibility index (Phi) is 5.68. The number of aryl methyl sites for hydroxylation is 1.